The Morgan fingerprint density at radius 3 is 2.62 bits per heavy atom. The van der Waals surface area contributed by atoms with Crippen molar-refractivity contribution in [2.24, 2.45) is 5.92 Å². The number of hydrogen-bond acceptors (Lipinski definition) is 8. The highest BCUT2D eigenvalue weighted by Crippen LogP contribution is 2.41. The predicted molar refractivity (Wildman–Crippen MR) is 114 cm³/mol. The third kappa shape index (κ3) is 4.59. The Morgan fingerprint density at radius 2 is 1.91 bits per heavy atom. The smallest absolute Gasteiger partial charge is 0.441 e. The number of fused-ring (bicyclic) bond motifs is 1. The number of carbonyl (C=O) groups is 1. The van der Waals surface area contributed by atoms with Crippen molar-refractivity contribution >= 4 is 15.1 Å². The highest BCUT2D eigenvalue weighted by Gasteiger charge is 2.42. The van der Waals surface area contributed by atoms with E-state index in [-0.39, 0.29) is 25.0 Å². The summed E-state index contributed by atoms with van der Waals surface area (Å²) in [4.78, 5) is 26.1. The molecular formula is C22H22N2O7S. The predicted octanol–water partition coefficient (Wildman–Crippen LogP) is 3.19. The zero-order valence-corrected chi connectivity index (χ0v) is 18.1. The minimum atomic E-state index is -4.29. The van der Waals surface area contributed by atoms with Crippen LogP contribution in [0, 0.1) is 5.92 Å². The fraction of sp³-hybridized carbons (Fsp3) is 0.318. The summed E-state index contributed by atoms with van der Waals surface area (Å²) in [6.07, 6.45) is 0.204. The molecule has 1 heterocycles. The maximum Gasteiger partial charge on any atom is 0.441 e. The number of ether oxygens (including phenoxy) is 2. The average molecular weight is 458 g/mol. The van der Waals surface area contributed by atoms with Crippen molar-refractivity contribution in [2.75, 3.05) is 0 Å². The molecule has 1 aliphatic carbocycles. The topological polar surface area (TPSA) is 129 Å². The molecule has 0 saturated heterocycles. The first-order chi connectivity index (χ1) is 15.3. The molecule has 168 valence electrons. The van der Waals surface area contributed by atoms with E-state index in [4.69, 9.17) is 9.47 Å². The first kappa shape index (κ1) is 21.8. The molecule has 0 aliphatic heterocycles. The van der Waals surface area contributed by atoms with Gasteiger partial charge in [-0.1, -0.05) is 54.6 Å². The van der Waals surface area contributed by atoms with Crippen molar-refractivity contribution in [1.82, 2.24) is 10.1 Å². The molecule has 3 aromatic rings. The van der Waals surface area contributed by atoms with Crippen LogP contribution in [-0.4, -0.2) is 30.0 Å². The summed E-state index contributed by atoms with van der Waals surface area (Å²) in [6.45, 7) is 1.62. The molecule has 4 rings (SSSR count). The van der Waals surface area contributed by atoms with Gasteiger partial charge >= 0.3 is 17.1 Å². The zero-order valence-electron chi connectivity index (χ0n) is 17.3. The van der Waals surface area contributed by atoms with Crippen molar-refractivity contribution in [3.63, 3.8) is 0 Å². The van der Waals surface area contributed by atoms with E-state index in [1.54, 1.807) is 43.3 Å². The van der Waals surface area contributed by atoms with Gasteiger partial charge < -0.3 is 9.47 Å². The number of aromatic nitrogens is 2. The van der Waals surface area contributed by atoms with Crippen molar-refractivity contribution in [2.45, 2.75) is 37.7 Å². The second-order valence-electron chi connectivity index (χ2n) is 7.68. The monoisotopic (exact) mass is 458 g/mol. The Labute approximate surface area is 184 Å². The molecular weight excluding hydrogens is 436 g/mol. The molecule has 2 aromatic carbocycles. The van der Waals surface area contributed by atoms with Crippen molar-refractivity contribution in [1.29, 1.82) is 0 Å². The van der Waals surface area contributed by atoms with Crippen molar-refractivity contribution < 1.29 is 27.2 Å². The molecule has 0 fully saturated rings. The van der Waals surface area contributed by atoms with Crippen LogP contribution < -0.4 is 10.5 Å². The Hall–Kier alpha value is -3.40. The van der Waals surface area contributed by atoms with E-state index < -0.39 is 32.2 Å². The average Bonchev–Trinajstić information content (AvgIpc) is 3.21. The number of carbonyl (C=O) groups excluding carboxylic acids is 1. The summed E-state index contributed by atoms with van der Waals surface area (Å²) in [6, 6.07) is 15.9. The van der Waals surface area contributed by atoms with Gasteiger partial charge in [-0.3, -0.25) is 4.52 Å². The van der Waals surface area contributed by atoms with Crippen LogP contribution in [0.3, 0.4) is 0 Å². The third-order valence-electron chi connectivity index (χ3n) is 5.59. The van der Waals surface area contributed by atoms with Gasteiger partial charge in [-0.05, 0) is 41.6 Å². The fourth-order valence-electron chi connectivity index (χ4n) is 3.91. The van der Waals surface area contributed by atoms with E-state index in [9.17, 15) is 18.0 Å². The normalized spacial score (nSPS) is 19.0. The molecule has 1 unspecified atom stereocenters. The Morgan fingerprint density at radius 1 is 1.19 bits per heavy atom. The quantitative estimate of drug-likeness (QED) is 0.558. The van der Waals surface area contributed by atoms with Gasteiger partial charge in [-0.25, -0.2) is 23.0 Å². The number of sulfone groups is 1. The number of benzene rings is 2. The molecule has 32 heavy (non-hydrogen) atoms. The van der Waals surface area contributed by atoms with Crippen LogP contribution in [0.1, 0.15) is 35.3 Å². The van der Waals surface area contributed by atoms with E-state index in [1.807, 2.05) is 18.2 Å². The molecule has 0 saturated carbocycles. The second kappa shape index (κ2) is 8.99. The fourth-order valence-corrected chi connectivity index (χ4v) is 5.43. The summed E-state index contributed by atoms with van der Waals surface area (Å²) in [7, 11) is -4.29. The number of nitrogens with one attached hydrogen (secondary N) is 1. The van der Waals surface area contributed by atoms with Crippen LogP contribution in [0.4, 0.5) is 4.79 Å². The standard InChI is InChI=1S/C22H22N2O7S/c1-14(30-20-23-21(25)31-24-20)17-11-16-9-5-6-10-18(16)19(12-17)32(27,28)22(26)29-13-15-7-3-2-4-8-15/h2-10,14,17,19H,11-13H2,1H3,(H,23,24,25)/t14-,17+,19?/m0/s1. The van der Waals surface area contributed by atoms with Crippen molar-refractivity contribution in [3.05, 3.63) is 81.8 Å². The van der Waals surface area contributed by atoms with Crippen LogP contribution in [0.15, 0.2) is 63.9 Å². The first-order valence-corrected chi connectivity index (χ1v) is 11.6. The van der Waals surface area contributed by atoms with Crippen LogP contribution in [0.2, 0.25) is 0 Å². The van der Waals surface area contributed by atoms with Crippen LogP contribution in [0.25, 0.3) is 0 Å². The van der Waals surface area contributed by atoms with E-state index in [1.165, 1.54) is 0 Å². The molecule has 9 nitrogen and oxygen atoms in total. The number of nitrogens with zero attached hydrogens (tertiary/aromatic N) is 1. The Balaban J connectivity index is 1.55. The van der Waals surface area contributed by atoms with Gasteiger partial charge in [0.1, 0.15) is 12.7 Å². The highest BCUT2D eigenvalue weighted by atomic mass is 32.2. The van der Waals surface area contributed by atoms with Crippen LogP contribution >= 0.6 is 0 Å². The number of aromatic amines is 1. The third-order valence-corrected chi connectivity index (χ3v) is 7.37. The lowest BCUT2D eigenvalue weighted by molar-refractivity contribution is 0.123. The van der Waals surface area contributed by atoms with Gasteiger partial charge in [0.15, 0.2) is 0 Å². The van der Waals surface area contributed by atoms with Gasteiger partial charge in [0.2, 0.25) is 0 Å². The molecule has 10 heteroatoms. The van der Waals surface area contributed by atoms with Gasteiger partial charge in [-0.15, -0.1) is 0 Å². The Bertz CT molecular complexity index is 1250. The maximum absolute atomic E-state index is 13.2. The van der Waals surface area contributed by atoms with E-state index >= 15 is 0 Å². The summed E-state index contributed by atoms with van der Waals surface area (Å²) >= 11 is 0. The first-order valence-electron chi connectivity index (χ1n) is 10.1. The van der Waals surface area contributed by atoms with Gasteiger partial charge in [-0.2, -0.15) is 0 Å². The Kier molecular flexibility index (Phi) is 6.13. The summed E-state index contributed by atoms with van der Waals surface area (Å²) < 4.78 is 41.6. The molecule has 3 atom stereocenters. The lowest BCUT2D eigenvalue weighted by atomic mass is 9.81. The minimum Gasteiger partial charge on any atom is -0.459 e. The maximum atomic E-state index is 13.2. The van der Waals surface area contributed by atoms with Gasteiger partial charge in [0.05, 0.1) is 5.25 Å². The van der Waals surface area contributed by atoms with E-state index in [0.717, 1.165) is 5.56 Å². The summed E-state index contributed by atoms with van der Waals surface area (Å²) in [5.74, 6) is -1.00. The summed E-state index contributed by atoms with van der Waals surface area (Å²) in [5, 5.41) is 1.17. The van der Waals surface area contributed by atoms with E-state index in [0.29, 0.717) is 17.5 Å². The molecule has 0 spiro atoms. The van der Waals surface area contributed by atoms with Crippen LogP contribution in [-0.2, 0) is 27.6 Å². The lowest BCUT2D eigenvalue weighted by Crippen LogP contribution is -2.35. The molecule has 1 N–H and O–H groups in total. The number of hydrogen-bond donors (Lipinski definition) is 1. The van der Waals surface area contributed by atoms with Gasteiger partial charge in [0, 0.05) is 5.92 Å². The molecule has 0 radical (unpaired) electrons. The van der Waals surface area contributed by atoms with Crippen molar-refractivity contribution in [3.8, 4) is 6.01 Å². The van der Waals surface area contributed by atoms with E-state index in [2.05, 4.69) is 14.7 Å². The highest BCUT2D eigenvalue weighted by molar-refractivity contribution is 8.05. The lowest BCUT2D eigenvalue weighted by Gasteiger charge is -2.33. The van der Waals surface area contributed by atoms with Crippen LogP contribution in [0.5, 0.6) is 6.01 Å². The minimum absolute atomic E-state index is 0.0805. The number of H-pyrrole nitrogens is 1. The number of rotatable bonds is 6. The van der Waals surface area contributed by atoms with Gasteiger partial charge in [0.25, 0.3) is 9.84 Å². The second-order valence-corrected chi connectivity index (χ2v) is 9.67. The SMILES string of the molecule is C[C@H](Oc1noc(=O)[nH]1)[C@@H]1Cc2ccccc2C(S(=O)(=O)C(=O)OCc2ccccc2)C1. The summed E-state index contributed by atoms with van der Waals surface area (Å²) in [5.41, 5.74) is 2.10. The molecule has 0 bridgehead atoms. The zero-order chi connectivity index (χ0) is 22.7. The molecule has 1 aromatic heterocycles. The largest absolute Gasteiger partial charge is 0.459 e. The molecule has 1 aliphatic rings. The molecule has 0 amide bonds.